The minimum atomic E-state index is -1.59. The fourth-order valence-corrected chi connectivity index (χ4v) is 1.26. The van der Waals surface area contributed by atoms with Crippen molar-refractivity contribution in [3.8, 4) is 0 Å². The highest BCUT2D eigenvalue weighted by molar-refractivity contribution is 5.77. The SMILES string of the molecule is C[C@@](O)(C(=O)O)[C@@H]1C=CCC1. The van der Waals surface area contributed by atoms with Gasteiger partial charge in [-0.3, -0.25) is 0 Å². The third-order valence-electron chi connectivity index (χ3n) is 2.17. The summed E-state index contributed by atoms with van der Waals surface area (Å²) in [4.78, 5) is 10.5. The van der Waals surface area contributed by atoms with Gasteiger partial charge in [-0.1, -0.05) is 12.2 Å². The molecule has 1 aliphatic rings. The monoisotopic (exact) mass is 156 g/mol. The zero-order valence-electron chi connectivity index (χ0n) is 6.45. The molecule has 2 atom stereocenters. The van der Waals surface area contributed by atoms with Crippen molar-refractivity contribution in [2.75, 3.05) is 0 Å². The van der Waals surface area contributed by atoms with E-state index in [2.05, 4.69) is 0 Å². The van der Waals surface area contributed by atoms with E-state index in [0.717, 1.165) is 12.8 Å². The molecule has 0 saturated carbocycles. The summed E-state index contributed by atoms with van der Waals surface area (Å²) in [6.45, 7) is 1.34. The summed E-state index contributed by atoms with van der Waals surface area (Å²) in [5.41, 5.74) is -1.59. The van der Waals surface area contributed by atoms with Gasteiger partial charge in [-0.2, -0.15) is 0 Å². The summed E-state index contributed by atoms with van der Waals surface area (Å²) < 4.78 is 0. The first-order valence-electron chi connectivity index (χ1n) is 3.67. The van der Waals surface area contributed by atoms with Crippen LogP contribution in [0.15, 0.2) is 12.2 Å². The van der Waals surface area contributed by atoms with Crippen molar-refractivity contribution < 1.29 is 15.0 Å². The second kappa shape index (κ2) is 2.66. The zero-order valence-corrected chi connectivity index (χ0v) is 6.45. The molecule has 0 bridgehead atoms. The molecule has 2 N–H and O–H groups in total. The third kappa shape index (κ3) is 1.43. The Morgan fingerprint density at radius 2 is 2.36 bits per heavy atom. The zero-order chi connectivity index (χ0) is 8.48. The Morgan fingerprint density at radius 1 is 1.73 bits per heavy atom. The molecule has 0 aromatic rings. The lowest BCUT2D eigenvalue weighted by Gasteiger charge is -2.23. The van der Waals surface area contributed by atoms with Gasteiger partial charge in [0.2, 0.25) is 0 Å². The van der Waals surface area contributed by atoms with Crippen LogP contribution in [0.1, 0.15) is 19.8 Å². The van der Waals surface area contributed by atoms with Gasteiger partial charge in [0.15, 0.2) is 5.60 Å². The molecule has 0 aromatic carbocycles. The molecule has 0 spiro atoms. The number of aliphatic hydroxyl groups is 1. The van der Waals surface area contributed by atoms with E-state index >= 15 is 0 Å². The maximum Gasteiger partial charge on any atom is 0.336 e. The van der Waals surface area contributed by atoms with Crippen LogP contribution in [-0.4, -0.2) is 21.8 Å². The lowest BCUT2D eigenvalue weighted by molar-refractivity contribution is -0.160. The lowest BCUT2D eigenvalue weighted by atomic mass is 9.89. The molecule has 0 radical (unpaired) electrons. The molecule has 0 aromatic heterocycles. The Balaban J connectivity index is 2.71. The summed E-state index contributed by atoms with van der Waals surface area (Å²) in [7, 11) is 0. The van der Waals surface area contributed by atoms with E-state index < -0.39 is 11.6 Å². The van der Waals surface area contributed by atoms with E-state index in [1.165, 1.54) is 6.92 Å². The number of carbonyl (C=O) groups is 1. The van der Waals surface area contributed by atoms with Gasteiger partial charge in [-0.25, -0.2) is 4.79 Å². The maximum atomic E-state index is 10.5. The number of carboxylic acids is 1. The van der Waals surface area contributed by atoms with E-state index in [9.17, 15) is 9.90 Å². The Labute approximate surface area is 65.3 Å². The molecule has 3 nitrogen and oxygen atoms in total. The second-order valence-electron chi connectivity index (χ2n) is 3.06. The molecule has 0 saturated heterocycles. The second-order valence-corrected chi connectivity index (χ2v) is 3.06. The van der Waals surface area contributed by atoms with E-state index in [1.54, 1.807) is 6.08 Å². The van der Waals surface area contributed by atoms with Gasteiger partial charge in [0.1, 0.15) is 0 Å². The van der Waals surface area contributed by atoms with Crippen molar-refractivity contribution in [2.24, 2.45) is 5.92 Å². The molecule has 0 heterocycles. The summed E-state index contributed by atoms with van der Waals surface area (Å²) >= 11 is 0. The number of hydrogen-bond donors (Lipinski definition) is 2. The first-order valence-corrected chi connectivity index (χ1v) is 3.67. The van der Waals surface area contributed by atoms with Gasteiger partial charge in [-0.05, 0) is 19.8 Å². The highest BCUT2D eigenvalue weighted by Gasteiger charge is 2.38. The summed E-state index contributed by atoms with van der Waals surface area (Å²) in [5, 5.41) is 18.1. The number of allylic oxidation sites excluding steroid dienone is 1. The highest BCUT2D eigenvalue weighted by Crippen LogP contribution is 2.28. The molecular weight excluding hydrogens is 144 g/mol. The third-order valence-corrected chi connectivity index (χ3v) is 2.17. The smallest absolute Gasteiger partial charge is 0.336 e. The average Bonchev–Trinajstić information content (AvgIpc) is 2.37. The van der Waals surface area contributed by atoms with Crippen molar-refractivity contribution in [3.63, 3.8) is 0 Å². The van der Waals surface area contributed by atoms with Crippen LogP contribution in [0, 0.1) is 5.92 Å². The molecule has 1 aliphatic carbocycles. The first-order chi connectivity index (χ1) is 5.05. The van der Waals surface area contributed by atoms with E-state index in [0.29, 0.717) is 0 Å². The Bertz CT molecular complexity index is 194. The molecule has 11 heavy (non-hydrogen) atoms. The average molecular weight is 156 g/mol. The predicted molar refractivity (Wildman–Crippen MR) is 40.1 cm³/mol. The van der Waals surface area contributed by atoms with Gasteiger partial charge in [0.25, 0.3) is 0 Å². The normalized spacial score (nSPS) is 28.4. The van der Waals surface area contributed by atoms with E-state index in [4.69, 9.17) is 5.11 Å². The van der Waals surface area contributed by atoms with Crippen molar-refractivity contribution in [3.05, 3.63) is 12.2 Å². The van der Waals surface area contributed by atoms with Crippen LogP contribution in [0.4, 0.5) is 0 Å². The minimum Gasteiger partial charge on any atom is -0.479 e. The molecule has 1 rings (SSSR count). The van der Waals surface area contributed by atoms with Crippen LogP contribution in [0.3, 0.4) is 0 Å². The quantitative estimate of drug-likeness (QED) is 0.581. The van der Waals surface area contributed by atoms with Crippen molar-refractivity contribution in [1.29, 1.82) is 0 Å². The number of rotatable bonds is 2. The van der Waals surface area contributed by atoms with Crippen LogP contribution in [0.25, 0.3) is 0 Å². The summed E-state index contributed by atoms with van der Waals surface area (Å²) in [6.07, 6.45) is 5.28. The number of aliphatic carboxylic acids is 1. The largest absolute Gasteiger partial charge is 0.479 e. The number of carboxylic acid groups (broad SMARTS) is 1. The topological polar surface area (TPSA) is 57.5 Å². The predicted octanol–water partition coefficient (Wildman–Crippen LogP) is 0.788. The first kappa shape index (κ1) is 8.27. The lowest BCUT2D eigenvalue weighted by Crippen LogP contribution is -2.41. The van der Waals surface area contributed by atoms with Gasteiger partial charge in [0.05, 0.1) is 0 Å². The Morgan fingerprint density at radius 3 is 2.73 bits per heavy atom. The van der Waals surface area contributed by atoms with E-state index in [-0.39, 0.29) is 5.92 Å². The molecule has 0 unspecified atom stereocenters. The van der Waals surface area contributed by atoms with Gasteiger partial charge in [-0.15, -0.1) is 0 Å². The highest BCUT2D eigenvalue weighted by atomic mass is 16.4. The fourth-order valence-electron chi connectivity index (χ4n) is 1.26. The van der Waals surface area contributed by atoms with Crippen molar-refractivity contribution >= 4 is 5.97 Å². The van der Waals surface area contributed by atoms with E-state index in [1.807, 2.05) is 6.08 Å². The minimum absolute atomic E-state index is 0.222. The maximum absolute atomic E-state index is 10.5. The van der Waals surface area contributed by atoms with Crippen LogP contribution in [0.5, 0.6) is 0 Å². The Hall–Kier alpha value is -0.830. The van der Waals surface area contributed by atoms with Crippen molar-refractivity contribution in [2.45, 2.75) is 25.4 Å². The standard InChI is InChI=1S/C8H12O3/c1-8(11,7(9)10)6-4-2-3-5-6/h2,4,6,11H,3,5H2,1H3,(H,9,10)/t6-,8+/m1/s1. The molecule has 0 fully saturated rings. The van der Waals surface area contributed by atoms with Crippen LogP contribution < -0.4 is 0 Å². The van der Waals surface area contributed by atoms with Crippen LogP contribution >= 0.6 is 0 Å². The van der Waals surface area contributed by atoms with Gasteiger partial charge in [0, 0.05) is 5.92 Å². The molecule has 0 aliphatic heterocycles. The molecule has 3 heteroatoms. The summed E-state index contributed by atoms with van der Waals surface area (Å²) in [5.74, 6) is -1.37. The Kier molecular flexibility index (Phi) is 2.00. The van der Waals surface area contributed by atoms with Crippen LogP contribution in [0.2, 0.25) is 0 Å². The molecule has 0 amide bonds. The fraction of sp³-hybridized carbons (Fsp3) is 0.625. The molecular formula is C8H12O3. The number of hydrogen-bond acceptors (Lipinski definition) is 2. The summed E-state index contributed by atoms with van der Waals surface area (Å²) in [6, 6.07) is 0. The molecule has 62 valence electrons. The van der Waals surface area contributed by atoms with Crippen molar-refractivity contribution in [1.82, 2.24) is 0 Å². The van der Waals surface area contributed by atoms with Gasteiger partial charge < -0.3 is 10.2 Å². The van der Waals surface area contributed by atoms with Gasteiger partial charge >= 0.3 is 5.97 Å². The van der Waals surface area contributed by atoms with Crippen LogP contribution in [-0.2, 0) is 4.79 Å².